The van der Waals surface area contributed by atoms with Gasteiger partial charge < -0.3 is 10.4 Å². The molecule has 0 aliphatic carbocycles. The van der Waals surface area contributed by atoms with Crippen molar-refractivity contribution >= 4 is 11.7 Å². The molecule has 0 fully saturated rings. The lowest BCUT2D eigenvalue weighted by Gasteiger charge is -2.08. The van der Waals surface area contributed by atoms with E-state index in [1.54, 1.807) is 6.07 Å². The number of aliphatic carboxylic acids is 1. The summed E-state index contributed by atoms with van der Waals surface area (Å²) in [7, 11) is 0. The van der Waals surface area contributed by atoms with Gasteiger partial charge in [0.1, 0.15) is 5.82 Å². The van der Waals surface area contributed by atoms with E-state index < -0.39 is 5.97 Å². The summed E-state index contributed by atoms with van der Waals surface area (Å²) in [6.45, 7) is 0. The first-order chi connectivity index (χ1) is 7.16. The molecular formula is C11H12FNO2. The first-order valence-electron chi connectivity index (χ1n) is 4.92. The molecule has 1 aromatic carbocycles. The van der Waals surface area contributed by atoms with E-state index in [4.69, 9.17) is 5.11 Å². The SMILES string of the molecule is O=C(O)CCC1Cc2c(F)cccc2N1. The van der Waals surface area contributed by atoms with Gasteiger partial charge in [-0.15, -0.1) is 0 Å². The van der Waals surface area contributed by atoms with E-state index in [1.165, 1.54) is 6.07 Å². The van der Waals surface area contributed by atoms with Crippen LogP contribution in [0.15, 0.2) is 18.2 Å². The molecule has 0 saturated carbocycles. The summed E-state index contributed by atoms with van der Waals surface area (Å²) in [5, 5.41) is 11.7. The van der Waals surface area contributed by atoms with Crippen molar-refractivity contribution in [3.8, 4) is 0 Å². The number of hydrogen-bond donors (Lipinski definition) is 2. The van der Waals surface area contributed by atoms with Gasteiger partial charge in [0.05, 0.1) is 0 Å². The third-order valence-corrected chi connectivity index (χ3v) is 2.64. The van der Waals surface area contributed by atoms with Crippen molar-refractivity contribution in [3.63, 3.8) is 0 Å². The third-order valence-electron chi connectivity index (χ3n) is 2.64. The highest BCUT2D eigenvalue weighted by atomic mass is 19.1. The summed E-state index contributed by atoms with van der Waals surface area (Å²) in [5.41, 5.74) is 1.47. The van der Waals surface area contributed by atoms with Crippen LogP contribution in [-0.2, 0) is 11.2 Å². The Kier molecular flexibility index (Phi) is 2.58. The predicted molar refractivity (Wildman–Crippen MR) is 54.4 cm³/mol. The zero-order valence-corrected chi connectivity index (χ0v) is 8.16. The Hall–Kier alpha value is -1.58. The van der Waals surface area contributed by atoms with Crippen LogP contribution in [-0.4, -0.2) is 17.1 Å². The van der Waals surface area contributed by atoms with Crippen molar-refractivity contribution in [2.75, 3.05) is 5.32 Å². The first kappa shape index (κ1) is 9.96. The number of benzene rings is 1. The minimum Gasteiger partial charge on any atom is -0.481 e. The van der Waals surface area contributed by atoms with Crippen molar-refractivity contribution < 1.29 is 14.3 Å². The molecule has 0 amide bonds. The lowest BCUT2D eigenvalue weighted by Crippen LogP contribution is -2.16. The van der Waals surface area contributed by atoms with Gasteiger partial charge in [0.15, 0.2) is 0 Å². The second-order valence-electron chi connectivity index (χ2n) is 3.74. The van der Waals surface area contributed by atoms with Gasteiger partial charge in [-0.2, -0.15) is 0 Å². The van der Waals surface area contributed by atoms with Gasteiger partial charge in [-0.1, -0.05) is 6.07 Å². The van der Waals surface area contributed by atoms with E-state index in [-0.39, 0.29) is 18.3 Å². The normalized spacial score (nSPS) is 18.3. The Balaban J connectivity index is 2.03. The van der Waals surface area contributed by atoms with Crippen molar-refractivity contribution in [1.82, 2.24) is 0 Å². The van der Waals surface area contributed by atoms with E-state index >= 15 is 0 Å². The molecule has 0 radical (unpaired) electrons. The molecule has 2 rings (SSSR count). The highest BCUT2D eigenvalue weighted by Crippen LogP contribution is 2.29. The van der Waals surface area contributed by atoms with E-state index in [0.29, 0.717) is 18.4 Å². The van der Waals surface area contributed by atoms with Crippen molar-refractivity contribution in [2.45, 2.75) is 25.3 Å². The number of carboxylic acid groups (broad SMARTS) is 1. The molecule has 2 N–H and O–H groups in total. The number of rotatable bonds is 3. The minimum atomic E-state index is -0.812. The number of anilines is 1. The molecule has 0 bridgehead atoms. The van der Waals surface area contributed by atoms with Crippen LogP contribution < -0.4 is 5.32 Å². The first-order valence-corrected chi connectivity index (χ1v) is 4.92. The van der Waals surface area contributed by atoms with E-state index in [1.807, 2.05) is 6.07 Å². The molecule has 0 saturated heterocycles. The van der Waals surface area contributed by atoms with Crippen LogP contribution in [0.2, 0.25) is 0 Å². The average Bonchev–Trinajstić information content (AvgIpc) is 2.59. The lowest BCUT2D eigenvalue weighted by atomic mass is 10.1. The van der Waals surface area contributed by atoms with E-state index in [2.05, 4.69) is 5.32 Å². The van der Waals surface area contributed by atoms with Crippen LogP contribution in [0.3, 0.4) is 0 Å². The zero-order valence-electron chi connectivity index (χ0n) is 8.16. The Morgan fingerprint density at radius 1 is 1.60 bits per heavy atom. The number of fused-ring (bicyclic) bond motifs is 1. The maximum atomic E-state index is 13.3. The van der Waals surface area contributed by atoms with Crippen molar-refractivity contribution in [1.29, 1.82) is 0 Å². The monoisotopic (exact) mass is 209 g/mol. The highest BCUT2D eigenvalue weighted by molar-refractivity contribution is 5.67. The fraction of sp³-hybridized carbons (Fsp3) is 0.364. The van der Waals surface area contributed by atoms with Crippen molar-refractivity contribution in [3.05, 3.63) is 29.6 Å². The van der Waals surface area contributed by atoms with Gasteiger partial charge in [-0.05, 0) is 25.0 Å². The molecule has 1 aromatic rings. The molecular weight excluding hydrogens is 197 g/mol. The third kappa shape index (κ3) is 2.09. The van der Waals surface area contributed by atoms with Crippen LogP contribution in [0.1, 0.15) is 18.4 Å². The number of carboxylic acids is 1. The predicted octanol–water partition coefficient (Wildman–Crippen LogP) is 2.03. The van der Waals surface area contributed by atoms with Crippen LogP contribution in [0.25, 0.3) is 0 Å². The van der Waals surface area contributed by atoms with Gasteiger partial charge >= 0.3 is 5.97 Å². The van der Waals surface area contributed by atoms with Crippen LogP contribution in [0.5, 0.6) is 0 Å². The Labute approximate surface area is 86.9 Å². The summed E-state index contributed by atoms with van der Waals surface area (Å²) in [6, 6.07) is 4.95. The smallest absolute Gasteiger partial charge is 0.303 e. The quantitative estimate of drug-likeness (QED) is 0.800. The lowest BCUT2D eigenvalue weighted by molar-refractivity contribution is -0.137. The Bertz CT molecular complexity index is 392. The molecule has 1 aliphatic heterocycles. The summed E-state index contributed by atoms with van der Waals surface area (Å²) in [4.78, 5) is 10.4. The number of halogens is 1. The maximum absolute atomic E-state index is 13.3. The molecule has 80 valence electrons. The molecule has 0 spiro atoms. The van der Waals surface area contributed by atoms with Crippen LogP contribution in [0.4, 0.5) is 10.1 Å². The second kappa shape index (κ2) is 3.88. The van der Waals surface area contributed by atoms with Gasteiger partial charge in [-0.25, -0.2) is 4.39 Å². The molecule has 1 heterocycles. The average molecular weight is 209 g/mol. The van der Waals surface area contributed by atoms with Gasteiger partial charge in [0, 0.05) is 23.7 Å². The maximum Gasteiger partial charge on any atom is 0.303 e. The molecule has 0 aromatic heterocycles. The van der Waals surface area contributed by atoms with Crippen LogP contribution in [0, 0.1) is 5.82 Å². The standard InChI is InChI=1S/C11H12FNO2/c12-9-2-1-3-10-8(9)6-7(13-10)4-5-11(14)15/h1-3,7,13H,4-6H2,(H,14,15). The van der Waals surface area contributed by atoms with Gasteiger partial charge in [0.25, 0.3) is 0 Å². The van der Waals surface area contributed by atoms with Gasteiger partial charge in [0.2, 0.25) is 0 Å². The largest absolute Gasteiger partial charge is 0.481 e. The minimum absolute atomic E-state index is 0.0491. The fourth-order valence-corrected chi connectivity index (χ4v) is 1.89. The molecule has 1 aliphatic rings. The molecule has 3 nitrogen and oxygen atoms in total. The van der Waals surface area contributed by atoms with Crippen molar-refractivity contribution in [2.24, 2.45) is 0 Å². The molecule has 1 unspecified atom stereocenters. The number of carbonyl (C=O) groups is 1. The highest BCUT2D eigenvalue weighted by Gasteiger charge is 2.23. The zero-order chi connectivity index (χ0) is 10.8. The molecule has 4 heteroatoms. The molecule has 15 heavy (non-hydrogen) atoms. The molecule has 1 atom stereocenters. The van der Waals surface area contributed by atoms with Crippen LogP contribution >= 0.6 is 0 Å². The van der Waals surface area contributed by atoms with E-state index in [9.17, 15) is 9.18 Å². The summed E-state index contributed by atoms with van der Waals surface area (Å²) < 4.78 is 13.3. The number of nitrogens with one attached hydrogen (secondary N) is 1. The topological polar surface area (TPSA) is 49.3 Å². The fourth-order valence-electron chi connectivity index (χ4n) is 1.89. The summed E-state index contributed by atoms with van der Waals surface area (Å²) in [6.07, 6.45) is 1.23. The summed E-state index contributed by atoms with van der Waals surface area (Å²) >= 11 is 0. The number of hydrogen-bond acceptors (Lipinski definition) is 2. The van der Waals surface area contributed by atoms with Gasteiger partial charge in [-0.3, -0.25) is 4.79 Å². The van der Waals surface area contributed by atoms with E-state index in [0.717, 1.165) is 5.69 Å². The Morgan fingerprint density at radius 3 is 3.07 bits per heavy atom. The summed E-state index contributed by atoms with van der Waals surface area (Å²) in [5.74, 6) is -1.02. The Morgan fingerprint density at radius 2 is 2.40 bits per heavy atom. The second-order valence-corrected chi connectivity index (χ2v) is 3.74.